The summed E-state index contributed by atoms with van der Waals surface area (Å²) in [6, 6.07) is 0. The van der Waals surface area contributed by atoms with E-state index in [1.807, 2.05) is 0 Å². The molecule has 1 aliphatic carbocycles. The highest BCUT2D eigenvalue weighted by atomic mass is 32.1. The Morgan fingerprint density at radius 2 is 1.62 bits per heavy atom. The summed E-state index contributed by atoms with van der Waals surface area (Å²) < 4.78 is 0. The standard InChI is InChI=1S/C5H8OS2/c6-5-3(7)1-2-4(5)8/h3-4,7-8H,1-2H2. The summed E-state index contributed by atoms with van der Waals surface area (Å²) in [6.45, 7) is 0. The lowest BCUT2D eigenvalue weighted by Crippen LogP contribution is -2.12. The van der Waals surface area contributed by atoms with Gasteiger partial charge in [0.2, 0.25) is 0 Å². The van der Waals surface area contributed by atoms with Crippen molar-refractivity contribution in [2.75, 3.05) is 0 Å². The van der Waals surface area contributed by atoms with Crippen LogP contribution < -0.4 is 0 Å². The van der Waals surface area contributed by atoms with Crippen LogP contribution in [0.25, 0.3) is 0 Å². The van der Waals surface area contributed by atoms with E-state index in [-0.39, 0.29) is 16.3 Å². The van der Waals surface area contributed by atoms with Gasteiger partial charge in [-0.1, -0.05) is 0 Å². The van der Waals surface area contributed by atoms with Gasteiger partial charge in [-0.2, -0.15) is 25.3 Å². The molecule has 0 aromatic heterocycles. The fraction of sp³-hybridized carbons (Fsp3) is 0.800. The molecule has 0 aromatic rings. The summed E-state index contributed by atoms with van der Waals surface area (Å²) in [5.74, 6) is 0.191. The number of hydrogen-bond donors (Lipinski definition) is 2. The van der Waals surface area contributed by atoms with Crippen molar-refractivity contribution in [1.82, 2.24) is 0 Å². The van der Waals surface area contributed by atoms with E-state index in [1.165, 1.54) is 0 Å². The number of carbonyl (C=O) groups excluding carboxylic acids is 1. The smallest absolute Gasteiger partial charge is 0.158 e. The Kier molecular flexibility index (Phi) is 1.88. The van der Waals surface area contributed by atoms with Gasteiger partial charge >= 0.3 is 0 Å². The topological polar surface area (TPSA) is 17.1 Å². The van der Waals surface area contributed by atoms with E-state index in [2.05, 4.69) is 25.3 Å². The maximum Gasteiger partial charge on any atom is 0.158 e. The van der Waals surface area contributed by atoms with Gasteiger partial charge in [-0.15, -0.1) is 0 Å². The van der Waals surface area contributed by atoms with Crippen LogP contribution in [-0.2, 0) is 4.79 Å². The minimum Gasteiger partial charge on any atom is -0.297 e. The summed E-state index contributed by atoms with van der Waals surface area (Å²) in [7, 11) is 0. The first-order valence-electron chi connectivity index (χ1n) is 2.61. The molecule has 2 atom stereocenters. The second-order valence-electron chi connectivity index (χ2n) is 2.01. The van der Waals surface area contributed by atoms with Crippen molar-refractivity contribution >= 4 is 31.0 Å². The van der Waals surface area contributed by atoms with Crippen molar-refractivity contribution in [1.29, 1.82) is 0 Å². The monoisotopic (exact) mass is 148 g/mol. The first-order chi connectivity index (χ1) is 3.72. The van der Waals surface area contributed by atoms with Crippen LogP contribution in [0.2, 0.25) is 0 Å². The van der Waals surface area contributed by atoms with Gasteiger partial charge in [-0.05, 0) is 12.8 Å². The highest BCUT2D eigenvalue weighted by Crippen LogP contribution is 2.23. The molecule has 0 spiro atoms. The molecule has 0 bridgehead atoms. The van der Waals surface area contributed by atoms with E-state index in [0.717, 1.165) is 12.8 Å². The highest BCUT2D eigenvalue weighted by Gasteiger charge is 2.28. The lowest BCUT2D eigenvalue weighted by molar-refractivity contribution is -0.116. The molecule has 8 heavy (non-hydrogen) atoms. The molecule has 2 unspecified atom stereocenters. The Labute approximate surface area is 59.7 Å². The zero-order chi connectivity index (χ0) is 6.15. The number of hydrogen-bond acceptors (Lipinski definition) is 3. The van der Waals surface area contributed by atoms with Crippen LogP contribution in [0.3, 0.4) is 0 Å². The summed E-state index contributed by atoms with van der Waals surface area (Å²) in [5.41, 5.74) is 0. The molecule has 1 fully saturated rings. The predicted octanol–water partition coefficient (Wildman–Crippen LogP) is 0.946. The largest absolute Gasteiger partial charge is 0.297 e. The van der Waals surface area contributed by atoms with Crippen molar-refractivity contribution in [3.63, 3.8) is 0 Å². The van der Waals surface area contributed by atoms with Gasteiger partial charge in [0, 0.05) is 0 Å². The number of rotatable bonds is 0. The normalized spacial score (nSPS) is 38.5. The van der Waals surface area contributed by atoms with Crippen molar-refractivity contribution in [2.24, 2.45) is 0 Å². The quantitative estimate of drug-likeness (QED) is 0.489. The zero-order valence-corrected chi connectivity index (χ0v) is 6.16. The molecule has 1 nitrogen and oxygen atoms in total. The second kappa shape index (κ2) is 2.31. The summed E-state index contributed by atoms with van der Waals surface area (Å²) in [4.78, 5) is 10.8. The lowest BCUT2D eigenvalue weighted by Gasteiger charge is -1.95. The maximum absolute atomic E-state index is 10.8. The van der Waals surface area contributed by atoms with Gasteiger partial charge in [0.05, 0.1) is 10.5 Å². The molecule has 46 valence electrons. The molecule has 3 heteroatoms. The number of ketones is 1. The minimum atomic E-state index is -0.0301. The van der Waals surface area contributed by atoms with Crippen molar-refractivity contribution in [3.8, 4) is 0 Å². The molecule has 1 saturated carbocycles. The van der Waals surface area contributed by atoms with E-state index < -0.39 is 0 Å². The molecular formula is C5H8OS2. The Balaban J connectivity index is 2.57. The maximum atomic E-state index is 10.8. The van der Waals surface area contributed by atoms with E-state index in [4.69, 9.17) is 0 Å². The molecule has 1 rings (SSSR count). The molecule has 0 saturated heterocycles. The van der Waals surface area contributed by atoms with Gasteiger partial charge in [0.25, 0.3) is 0 Å². The SMILES string of the molecule is O=C1C(S)CCC1S. The summed E-state index contributed by atoms with van der Waals surface area (Å²) in [5, 5.41) is -0.0602. The molecule has 0 radical (unpaired) electrons. The molecule has 0 aromatic carbocycles. The molecule has 0 amide bonds. The van der Waals surface area contributed by atoms with Crippen LogP contribution in [0.5, 0.6) is 0 Å². The second-order valence-corrected chi connectivity index (χ2v) is 3.26. The van der Waals surface area contributed by atoms with Crippen LogP contribution in [0, 0.1) is 0 Å². The zero-order valence-electron chi connectivity index (χ0n) is 4.37. The summed E-state index contributed by atoms with van der Waals surface area (Å²) >= 11 is 8.10. The summed E-state index contributed by atoms with van der Waals surface area (Å²) in [6.07, 6.45) is 1.80. The number of thiol groups is 2. The Morgan fingerprint density at radius 3 is 1.75 bits per heavy atom. The van der Waals surface area contributed by atoms with Crippen molar-refractivity contribution in [2.45, 2.75) is 23.3 Å². The van der Waals surface area contributed by atoms with Crippen LogP contribution in [0.4, 0.5) is 0 Å². The fourth-order valence-electron chi connectivity index (χ4n) is 0.822. The third-order valence-corrected chi connectivity index (χ3v) is 2.40. The molecule has 0 heterocycles. The highest BCUT2D eigenvalue weighted by molar-refractivity contribution is 7.83. The molecule has 0 N–H and O–H groups in total. The van der Waals surface area contributed by atoms with Crippen molar-refractivity contribution in [3.05, 3.63) is 0 Å². The van der Waals surface area contributed by atoms with Gasteiger partial charge in [0.1, 0.15) is 0 Å². The van der Waals surface area contributed by atoms with E-state index in [1.54, 1.807) is 0 Å². The van der Waals surface area contributed by atoms with Crippen LogP contribution in [-0.4, -0.2) is 16.3 Å². The molecule has 1 aliphatic rings. The minimum absolute atomic E-state index is 0.0301. The van der Waals surface area contributed by atoms with Gasteiger partial charge in [-0.25, -0.2) is 0 Å². The average molecular weight is 148 g/mol. The van der Waals surface area contributed by atoms with Crippen LogP contribution in [0.15, 0.2) is 0 Å². The van der Waals surface area contributed by atoms with Gasteiger partial charge in [0.15, 0.2) is 5.78 Å². The van der Waals surface area contributed by atoms with Gasteiger partial charge in [-0.3, -0.25) is 4.79 Å². The first-order valence-corrected chi connectivity index (χ1v) is 3.65. The Bertz CT molecular complexity index is 101. The third-order valence-electron chi connectivity index (χ3n) is 1.37. The van der Waals surface area contributed by atoms with Crippen LogP contribution in [0.1, 0.15) is 12.8 Å². The van der Waals surface area contributed by atoms with Gasteiger partial charge < -0.3 is 0 Å². The molecular weight excluding hydrogens is 140 g/mol. The third kappa shape index (κ3) is 1.03. The first kappa shape index (κ1) is 6.49. The Hall–Kier alpha value is 0.370. The molecule has 0 aliphatic heterocycles. The lowest BCUT2D eigenvalue weighted by atomic mass is 10.3. The predicted molar refractivity (Wildman–Crippen MR) is 39.8 cm³/mol. The van der Waals surface area contributed by atoms with E-state index in [0.29, 0.717) is 0 Å². The van der Waals surface area contributed by atoms with Crippen LogP contribution >= 0.6 is 25.3 Å². The van der Waals surface area contributed by atoms with Crippen molar-refractivity contribution < 1.29 is 4.79 Å². The van der Waals surface area contributed by atoms with E-state index >= 15 is 0 Å². The number of carbonyl (C=O) groups is 1. The Morgan fingerprint density at radius 1 is 1.25 bits per heavy atom. The number of Topliss-reactive ketones (excluding diaryl/α,β-unsaturated/α-hetero) is 1. The average Bonchev–Trinajstić information content (AvgIpc) is 1.98. The fourth-order valence-corrected chi connectivity index (χ4v) is 1.60. The van der Waals surface area contributed by atoms with E-state index in [9.17, 15) is 4.79 Å².